The molecule has 1 aliphatic rings. The number of benzene rings is 2. The van der Waals surface area contributed by atoms with E-state index in [2.05, 4.69) is 0 Å². The van der Waals surface area contributed by atoms with Crippen molar-refractivity contribution in [1.82, 2.24) is 0 Å². The zero-order chi connectivity index (χ0) is 12.5. The summed E-state index contributed by atoms with van der Waals surface area (Å²) < 4.78 is 0. The Morgan fingerprint density at radius 1 is 0.944 bits per heavy atom. The van der Waals surface area contributed by atoms with Crippen LogP contribution in [0.5, 0.6) is 0 Å². The summed E-state index contributed by atoms with van der Waals surface area (Å²) in [7, 11) is 0. The highest BCUT2D eigenvalue weighted by molar-refractivity contribution is 6.66. The second kappa shape index (κ2) is 4.31. The molecule has 1 aliphatic heterocycles. The molecule has 88 valence electrons. The highest BCUT2D eigenvalue weighted by Gasteiger charge is 2.18. The molecule has 0 aromatic heterocycles. The van der Waals surface area contributed by atoms with Crippen molar-refractivity contribution in [2.45, 2.75) is 0 Å². The van der Waals surface area contributed by atoms with E-state index >= 15 is 0 Å². The number of amides is 1. The second-order valence-electron chi connectivity index (χ2n) is 4.04. The number of hydrogen-bond acceptors (Lipinski definition) is 1. The van der Waals surface area contributed by atoms with Crippen molar-refractivity contribution in [2.75, 3.05) is 4.90 Å². The maximum Gasteiger partial charge on any atom is 0.324 e. The Morgan fingerprint density at radius 2 is 1.61 bits per heavy atom. The van der Waals surface area contributed by atoms with Crippen molar-refractivity contribution in [3.63, 3.8) is 0 Å². The van der Waals surface area contributed by atoms with Gasteiger partial charge in [0.2, 0.25) is 0 Å². The van der Waals surface area contributed by atoms with E-state index in [-0.39, 0.29) is 0 Å². The fourth-order valence-electron chi connectivity index (χ4n) is 2.19. The van der Waals surface area contributed by atoms with Gasteiger partial charge in [-0.1, -0.05) is 42.5 Å². The van der Waals surface area contributed by atoms with Gasteiger partial charge in [0.05, 0.1) is 5.69 Å². The first kappa shape index (κ1) is 11.1. The van der Waals surface area contributed by atoms with Crippen molar-refractivity contribution in [2.24, 2.45) is 0 Å². The number of halogens is 1. The van der Waals surface area contributed by atoms with E-state index in [1.807, 2.05) is 54.6 Å². The molecule has 3 rings (SSSR count). The third kappa shape index (κ3) is 1.71. The number of hydrogen-bond donors (Lipinski definition) is 0. The van der Waals surface area contributed by atoms with Gasteiger partial charge in [-0.25, -0.2) is 0 Å². The van der Waals surface area contributed by atoms with Crippen molar-refractivity contribution in [3.05, 3.63) is 60.3 Å². The van der Waals surface area contributed by atoms with E-state index in [1.165, 1.54) is 4.90 Å². The fourth-order valence-corrected chi connectivity index (χ4v) is 2.33. The molecule has 0 spiro atoms. The smallest absolute Gasteiger partial charge is 0.274 e. The lowest BCUT2D eigenvalue weighted by Gasteiger charge is -2.17. The molecule has 0 bridgehead atoms. The number of carbonyl (C=O) groups excluding carboxylic acids is 1. The zero-order valence-corrected chi connectivity index (χ0v) is 10.3. The zero-order valence-electron chi connectivity index (χ0n) is 9.51. The molecule has 0 aliphatic carbocycles. The van der Waals surface area contributed by atoms with Gasteiger partial charge in [0, 0.05) is 11.8 Å². The molecule has 0 unspecified atom stereocenters. The van der Waals surface area contributed by atoms with Gasteiger partial charge in [-0.2, -0.15) is 0 Å². The van der Waals surface area contributed by atoms with Gasteiger partial charge in [0.1, 0.15) is 0 Å². The van der Waals surface area contributed by atoms with Crippen LogP contribution in [0, 0.1) is 0 Å². The quantitative estimate of drug-likeness (QED) is 0.501. The minimum Gasteiger partial charge on any atom is -0.274 e. The van der Waals surface area contributed by atoms with Gasteiger partial charge >= 0.3 is 5.37 Å². The first-order valence-electron chi connectivity index (χ1n) is 5.63. The standard InChI is InChI=1S/C15H10ClNO/c16-15(18)17-10-9-11-5-1-2-6-12(11)13-7-3-4-8-14(13)17/h1-10H. The first-order chi connectivity index (χ1) is 8.77. The van der Waals surface area contributed by atoms with E-state index in [4.69, 9.17) is 11.6 Å². The molecular weight excluding hydrogens is 246 g/mol. The summed E-state index contributed by atoms with van der Waals surface area (Å²) in [5.41, 5.74) is 3.99. The molecule has 3 heteroatoms. The normalized spacial score (nSPS) is 12.6. The molecule has 0 saturated carbocycles. The Hall–Kier alpha value is -2.06. The Morgan fingerprint density at radius 3 is 2.39 bits per heavy atom. The van der Waals surface area contributed by atoms with Gasteiger partial charge < -0.3 is 0 Å². The molecule has 0 N–H and O–H groups in total. The summed E-state index contributed by atoms with van der Waals surface area (Å²) in [5, 5.41) is -0.508. The molecule has 0 atom stereocenters. The van der Waals surface area contributed by atoms with Gasteiger partial charge in [-0.05, 0) is 34.9 Å². The molecule has 1 amide bonds. The monoisotopic (exact) mass is 255 g/mol. The summed E-state index contributed by atoms with van der Waals surface area (Å²) in [6.45, 7) is 0. The van der Waals surface area contributed by atoms with E-state index in [1.54, 1.807) is 6.20 Å². The number of anilines is 1. The highest BCUT2D eigenvalue weighted by Crippen LogP contribution is 2.36. The van der Waals surface area contributed by atoms with Crippen molar-refractivity contribution >= 4 is 28.7 Å². The number of para-hydroxylation sites is 1. The average Bonchev–Trinajstić information content (AvgIpc) is 2.56. The third-order valence-electron chi connectivity index (χ3n) is 3.01. The van der Waals surface area contributed by atoms with Crippen LogP contribution >= 0.6 is 11.6 Å². The Balaban J connectivity index is 2.31. The predicted molar refractivity (Wildman–Crippen MR) is 74.6 cm³/mol. The SMILES string of the molecule is O=C(Cl)N1C=Cc2ccccc2-c2ccccc21. The maximum atomic E-state index is 11.5. The summed E-state index contributed by atoms with van der Waals surface area (Å²) in [5.74, 6) is 0. The summed E-state index contributed by atoms with van der Waals surface area (Å²) >= 11 is 5.64. The van der Waals surface area contributed by atoms with Crippen LogP contribution in [0.3, 0.4) is 0 Å². The molecule has 1 heterocycles. The van der Waals surface area contributed by atoms with Gasteiger partial charge in [-0.15, -0.1) is 0 Å². The van der Waals surface area contributed by atoms with E-state index < -0.39 is 5.37 Å². The van der Waals surface area contributed by atoms with E-state index in [0.29, 0.717) is 0 Å². The van der Waals surface area contributed by atoms with Crippen LogP contribution in [0.2, 0.25) is 0 Å². The molecule has 0 saturated heterocycles. The largest absolute Gasteiger partial charge is 0.324 e. The Bertz CT molecular complexity index is 648. The van der Waals surface area contributed by atoms with Crippen molar-refractivity contribution in [1.29, 1.82) is 0 Å². The summed E-state index contributed by atoms with van der Waals surface area (Å²) in [6, 6.07) is 15.8. The van der Waals surface area contributed by atoms with Gasteiger partial charge in [-0.3, -0.25) is 9.69 Å². The Labute approximate surface area is 110 Å². The topological polar surface area (TPSA) is 20.3 Å². The van der Waals surface area contributed by atoms with E-state index in [0.717, 1.165) is 22.4 Å². The Kier molecular flexibility index (Phi) is 2.65. The molecular formula is C15H10ClNO. The van der Waals surface area contributed by atoms with Crippen LogP contribution < -0.4 is 4.90 Å². The average molecular weight is 256 g/mol. The van der Waals surface area contributed by atoms with Crippen LogP contribution in [0.4, 0.5) is 10.5 Å². The molecule has 2 nitrogen and oxygen atoms in total. The number of nitrogens with zero attached hydrogens (tertiary/aromatic N) is 1. The minimum atomic E-state index is -0.508. The summed E-state index contributed by atoms with van der Waals surface area (Å²) in [6.07, 6.45) is 3.61. The molecule has 2 aromatic carbocycles. The third-order valence-corrected chi connectivity index (χ3v) is 3.19. The lowest BCUT2D eigenvalue weighted by atomic mass is 9.99. The minimum absolute atomic E-state index is 0.508. The van der Waals surface area contributed by atoms with E-state index in [9.17, 15) is 4.79 Å². The number of carbonyl (C=O) groups is 1. The lowest BCUT2D eigenvalue weighted by molar-refractivity contribution is 0.266. The van der Waals surface area contributed by atoms with Gasteiger partial charge in [0.15, 0.2) is 0 Å². The van der Waals surface area contributed by atoms with Crippen LogP contribution in [0.15, 0.2) is 54.7 Å². The lowest BCUT2D eigenvalue weighted by Crippen LogP contribution is -2.18. The van der Waals surface area contributed by atoms with Crippen LogP contribution in [0.25, 0.3) is 17.2 Å². The molecule has 0 radical (unpaired) electrons. The van der Waals surface area contributed by atoms with Crippen LogP contribution in [-0.2, 0) is 0 Å². The second-order valence-corrected chi connectivity index (χ2v) is 4.37. The number of rotatable bonds is 0. The first-order valence-corrected chi connectivity index (χ1v) is 6.00. The molecule has 2 aromatic rings. The fraction of sp³-hybridized carbons (Fsp3) is 0. The van der Waals surface area contributed by atoms with Gasteiger partial charge in [0.25, 0.3) is 0 Å². The molecule has 0 fully saturated rings. The van der Waals surface area contributed by atoms with Crippen LogP contribution in [0.1, 0.15) is 5.56 Å². The number of fused-ring (bicyclic) bond motifs is 3. The van der Waals surface area contributed by atoms with Crippen molar-refractivity contribution < 1.29 is 4.79 Å². The summed E-state index contributed by atoms with van der Waals surface area (Å²) in [4.78, 5) is 13.0. The van der Waals surface area contributed by atoms with Crippen molar-refractivity contribution in [3.8, 4) is 11.1 Å². The van der Waals surface area contributed by atoms with Crippen LogP contribution in [-0.4, -0.2) is 5.37 Å². The predicted octanol–water partition coefficient (Wildman–Crippen LogP) is 4.50. The molecule has 18 heavy (non-hydrogen) atoms. The highest BCUT2D eigenvalue weighted by atomic mass is 35.5. The maximum absolute atomic E-state index is 11.5.